The lowest BCUT2D eigenvalue weighted by molar-refractivity contribution is -0.143. The molecule has 0 bridgehead atoms. The Hall–Kier alpha value is -2.37. The van der Waals surface area contributed by atoms with Crippen molar-refractivity contribution >= 4 is 17.8 Å². The Kier molecular flexibility index (Phi) is 6.77. The molecule has 0 aliphatic carbocycles. The molecule has 1 aromatic rings. The molecule has 0 aromatic heterocycles. The molecule has 1 saturated heterocycles. The number of nitrogens with zero attached hydrogens (tertiary/aromatic N) is 1. The van der Waals surface area contributed by atoms with Crippen molar-refractivity contribution in [3.8, 4) is 0 Å². The first kappa shape index (κ1) is 19.9. The molecule has 2 atom stereocenters. The van der Waals surface area contributed by atoms with Gasteiger partial charge in [-0.1, -0.05) is 37.3 Å². The van der Waals surface area contributed by atoms with Gasteiger partial charge in [0.25, 0.3) is 0 Å². The Labute approximate surface area is 154 Å². The molecule has 2 N–H and O–H groups in total. The maximum Gasteiger partial charge on any atom is 0.315 e. The van der Waals surface area contributed by atoms with E-state index in [-0.39, 0.29) is 24.3 Å². The summed E-state index contributed by atoms with van der Waals surface area (Å²) in [6.07, 6.45) is 2.80. The Morgan fingerprint density at radius 1 is 1.27 bits per heavy atom. The van der Waals surface area contributed by atoms with Crippen LogP contribution in [0.15, 0.2) is 30.3 Å². The van der Waals surface area contributed by atoms with Gasteiger partial charge in [0.05, 0.1) is 5.92 Å². The van der Waals surface area contributed by atoms with Crippen LogP contribution >= 0.6 is 0 Å². The standard InChI is InChI=1S/C20H28N2O4/c1-3-8-17(23)22-12-7-9-15(13-22)18(24)21-14-20(2,19(25)26)16-10-5-4-6-11-16/h4-6,10-11,15H,3,7-9,12-14H2,1-2H3,(H,21,24)(H,25,26). The maximum absolute atomic E-state index is 12.6. The van der Waals surface area contributed by atoms with Crippen molar-refractivity contribution in [3.05, 3.63) is 35.9 Å². The van der Waals surface area contributed by atoms with Crippen LogP contribution in [0.2, 0.25) is 0 Å². The highest BCUT2D eigenvalue weighted by Crippen LogP contribution is 2.24. The van der Waals surface area contributed by atoms with Gasteiger partial charge in [-0.15, -0.1) is 0 Å². The zero-order valence-electron chi connectivity index (χ0n) is 15.5. The largest absolute Gasteiger partial charge is 0.481 e. The Morgan fingerprint density at radius 3 is 2.58 bits per heavy atom. The maximum atomic E-state index is 12.6. The zero-order chi connectivity index (χ0) is 19.2. The van der Waals surface area contributed by atoms with E-state index in [4.69, 9.17) is 0 Å². The lowest BCUT2D eigenvalue weighted by Crippen LogP contribution is -2.49. The van der Waals surface area contributed by atoms with Gasteiger partial charge in [0.1, 0.15) is 5.41 Å². The number of amides is 2. The second-order valence-corrected chi connectivity index (χ2v) is 7.15. The lowest BCUT2D eigenvalue weighted by atomic mass is 9.82. The molecule has 2 unspecified atom stereocenters. The number of carboxylic acids is 1. The summed E-state index contributed by atoms with van der Waals surface area (Å²) < 4.78 is 0. The fourth-order valence-corrected chi connectivity index (χ4v) is 3.31. The van der Waals surface area contributed by atoms with Crippen molar-refractivity contribution in [3.63, 3.8) is 0 Å². The number of hydrogen-bond donors (Lipinski definition) is 2. The first-order chi connectivity index (χ1) is 12.4. The topological polar surface area (TPSA) is 86.7 Å². The quantitative estimate of drug-likeness (QED) is 0.780. The number of carboxylic acid groups (broad SMARTS) is 1. The average Bonchev–Trinajstić information content (AvgIpc) is 2.66. The third kappa shape index (κ3) is 4.62. The highest BCUT2D eigenvalue weighted by molar-refractivity contribution is 5.84. The summed E-state index contributed by atoms with van der Waals surface area (Å²) in [7, 11) is 0. The predicted molar refractivity (Wildman–Crippen MR) is 98.7 cm³/mol. The van der Waals surface area contributed by atoms with Gasteiger partial charge in [0, 0.05) is 26.1 Å². The van der Waals surface area contributed by atoms with Gasteiger partial charge in [0.2, 0.25) is 11.8 Å². The molecule has 1 fully saturated rings. The summed E-state index contributed by atoms with van der Waals surface area (Å²) in [6, 6.07) is 8.92. The van der Waals surface area contributed by atoms with E-state index in [0.29, 0.717) is 25.1 Å². The number of nitrogens with one attached hydrogen (secondary N) is 1. The van der Waals surface area contributed by atoms with E-state index >= 15 is 0 Å². The van der Waals surface area contributed by atoms with Gasteiger partial charge < -0.3 is 15.3 Å². The molecule has 0 spiro atoms. The molecule has 142 valence electrons. The molecule has 1 aromatic carbocycles. The smallest absolute Gasteiger partial charge is 0.315 e. The number of carbonyl (C=O) groups is 3. The van der Waals surface area contributed by atoms with Crippen molar-refractivity contribution in [2.45, 2.75) is 44.9 Å². The number of benzene rings is 1. The molecular formula is C20H28N2O4. The number of rotatable bonds is 7. The van der Waals surface area contributed by atoms with Crippen LogP contribution in [-0.4, -0.2) is 47.4 Å². The van der Waals surface area contributed by atoms with E-state index in [1.165, 1.54) is 0 Å². The van der Waals surface area contributed by atoms with Crippen LogP contribution in [-0.2, 0) is 19.8 Å². The van der Waals surface area contributed by atoms with E-state index in [9.17, 15) is 19.5 Å². The average molecular weight is 360 g/mol. The van der Waals surface area contributed by atoms with Gasteiger partial charge in [-0.2, -0.15) is 0 Å². The van der Waals surface area contributed by atoms with Crippen LogP contribution in [0.5, 0.6) is 0 Å². The zero-order valence-corrected chi connectivity index (χ0v) is 15.5. The molecule has 6 heteroatoms. The molecule has 1 aliphatic rings. The van der Waals surface area contributed by atoms with Crippen molar-refractivity contribution in [1.29, 1.82) is 0 Å². The van der Waals surface area contributed by atoms with Crippen molar-refractivity contribution < 1.29 is 19.5 Å². The van der Waals surface area contributed by atoms with Crippen LogP contribution in [0.1, 0.15) is 45.1 Å². The second kappa shape index (κ2) is 8.83. The summed E-state index contributed by atoms with van der Waals surface area (Å²) >= 11 is 0. The number of piperidine rings is 1. The van der Waals surface area contributed by atoms with Crippen LogP contribution in [0.3, 0.4) is 0 Å². The van der Waals surface area contributed by atoms with Crippen LogP contribution in [0.4, 0.5) is 0 Å². The van der Waals surface area contributed by atoms with Crippen molar-refractivity contribution in [1.82, 2.24) is 10.2 Å². The highest BCUT2D eigenvalue weighted by atomic mass is 16.4. The fraction of sp³-hybridized carbons (Fsp3) is 0.550. The third-order valence-corrected chi connectivity index (χ3v) is 5.11. The minimum atomic E-state index is -1.19. The molecule has 1 heterocycles. The van der Waals surface area contributed by atoms with Gasteiger partial charge in [-0.3, -0.25) is 14.4 Å². The Bertz CT molecular complexity index is 646. The molecule has 1 aliphatic heterocycles. The molecule has 26 heavy (non-hydrogen) atoms. The summed E-state index contributed by atoms with van der Waals surface area (Å²) in [6.45, 7) is 4.70. The van der Waals surface area contributed by atoms with Gasteiger partial charge >= 0.3 is 5.97 Å². The minimum absolute atomic E-state index is 0.0184. The summed E-state index contributed by atoms with van der Waals surface area (Å²) in [5.74, 6) is -1.35. The molecule has 2 rings (SSSR count). The molecular weight excluding hydrogens is 332 g/mol. The number of hydrogen-bond acceptors (Lipinski definition) is 3. The van der Waals surface area contributed by atoms with E-state index in [1.54, 1.807) is 36.1 Å². The lowest BCUT2D eigenvalue weighted by Gasteiger charge is -2.33. The van der Waals surface area contributed by atoms with E-state index in [0.717, 1.165) is 19.3 Å². The first-order valence-electron chi connectivity index (χ1n) is 9.23. The van der Waals surface area contributed by atoms with Crippen LogP contribution in [0, 0.1) is 5.92 Å². The van der Waals surface area contributed by atoms with Gasteiger partial charge in [0.15, 0.2) is 0 Å². The fourth-order valence-electron chi connectivity index (χ4n) is 3.31. The third-order valence-electron chi connectivity index (χ3n) is 5.11. The van der Waals surface area contributed by atoms with Crippen molar-refractivity contribution in [2.75, 3.05) is 19.6 Å². The number of likely N-dealkylation sites (tertiary alicyclic amines) is 1. The summed E-state index contributed by atoms with van der Waals surface area (Å²) in [4.78, 5) is 38.2. The minimum Gasteiger partial charge on any atom is -0.481 e. The van der Waals surface area contributed by atoms with E-state index in [1.807, 2.05) is 13.0 Å². The predicted octanol–water partition coefficient (Wildman–Crippen LogP) is 2.18. The number of carbonyl (C=O) groups excluding carboxylic acids is 2. The van der Waals surface area contributed by atoms with Gasteiger partial charge in [-0.25, -0.2) is 0 Å². The van der Waals surface area contributed by atoms with Crippen LogP contribution in [0.25, 0.3) is 0 Å². The number of aliphatic carboxylic acids is 1. The normalized spacial score (nSPS) is 19.5. The highest BCUT2D eigenvalue weighted by Gasteiger charge is 2.36. The van der Waals surface area contributed by atoms with Gasteiger partial charge in [-0.05, 0) is 31.7 Å². The molecule has 2 amide bonds. The Balaban J connectivity index is 2.00. The van der Waals surface area contributed by atoms with Crippen LogP contribution < -0.4 is 5.32 Å². The summed E-state index contributed by atoms with van der Waals surface area (Å²) in [5.41, 5.74) is -0.542. The molecule has 0 radical (unpaired) electrons. The monoisotopic (exact) mass is 360 g/mol. The van der Waals surface area contributed by atoms with E-state index in [2.05, 4.69) is 5.32 Å². The second-order valence-electron chi connectivity index (χ2n) is 7.15. The summed E-state index contributed by atoms with van der Waals surface area (Å²) in [5, 5.41) is 12.5. The van der Waals surface area contributed by atoms with E-state index < -0.39 is 11.4 Å². The van der Waals surface area contributed by atoms with Crippen molar-refractivity contribution in [2.24, 2.45) is 5.92 Å². The SMILES string of the molecule is CCCC(=O)N1CCCC(C(=O)NCC(C)(C(=O)O)c2ccccc2)C1. The first-order valence-corrected chi connectivity index (χ1v) is 9.23. The molecule has 0 saturated carbocycles. The molecule has 6 nitrogen and oxygen atoms in total. The Morgan fingerprint density at radius 2 is 1.96 bits per heavy atom.